The topological polar surface area (TPSA) is 54.5 Å². The molecule has 1 aromatic heterocycles. The lowest BCUT2D eigenvalue weighted by Crippen LogP contribution is -2.35. The molecule has 5 rings (SSSR count). The lowest BCUT2D eigenvalue weighted by molar-refractivity contribution is 0.0747. The highest BCUT2D eigenvalue weighted by atomic mass is 16.5. The molecule has 2 aromatic rings. The molecule has 3 saturated heterocycles. The number of anilines is 1. The van der Waals surface area contributed by atoms with Crippen LogP contribution in [0.5, 0.6) is 0 Å². The molecule has 25 heavy (non-hydrogen) atoms. The second kappa shape index (κ2) is 5.85. The van der Waals surface area contributed by atoms with E-state index in [0.29, 0.717) is 24.0 Å². The third-order valence-corrected chi connectivity index (χ3v) is 5.85. The first-order valence-electron chi connectivity index (χ1n) is 9.00. The molecule has 0 radical (unpaired) electrons. The Labute approximate surface area is 147 Å². The number of ether oxygens (including phenoxy) is 1. The summed E-state index contributed by atoms with van der Waals surface area (Å²) < 4.78 is 5.99. The van der Waals surface area contributed by atoms with Gasteiger partial charge < -0.3 is 15.0 Å². The van der Waals surface area contributed by atoms with E-state index in [0.717, 1.165) is 42.7 Å². The first kappa shape index (κ1) is 14.9. The van der Waals surface area contributed by atoms with Gasteiger partial charge in [0.05, 0.1) is 12.2 Å². The van der Waals surface area contributed by atoms with E-state index in [1.54, 1.807) is 6.20 Å². The Balaban J connectivity index is 1.29. The molecule has 0 saturated carbocycles. The molecule has 128 valence electrons. The van der Waals surface area contributed by atoms with Crippen LogP contribution in [0.2, 0.25) is 0 Å². The lowest BCUT2D eigenvalue weighted by Gasteiger charge is -2.19. The molecule has 0 spiro atoms. The Morgan fingerprint density at radius 3 is 2.56 bits per heavy atom. The molecule has 0 aliphatic carbocycles. The summed E-state index contributed by atoms with van der Waals surface area (Å²) in [7, 11) is 0. The summed E-state index contributed by atoms with van der Waals surface area (Å²) in [5.74, 6) is 1.07. The summed E-state index contributed by atoms with van der Waals surface area (Å²) >= 11 is 0. The van der Waals surface area contributed by atoms with E-state index in [1.807, 2.05) is 47.5 Å². The summed E-state index contributed by atoms with van der Waals surface area (Å²) in [6, 6.07) is 11.9. The minimum atomic E-state index is -0.00265. The highest BCUT2D eigenvalue weighted by Gasteiger charge is 2.53. The number of likely N-dealkylation sites (tertiary alicyclic amines) is 1. The third-order valence-electron chi connectivity index (χ3n) is 5.85. The van der Waals surface area contributed by atoms with Crippen LogP contribution in [-0.2, 0) is 4.74 Å². The zero-order valence-electron chi connectivity index (χ0n) is 14.0. The van der Waals surface area contributed by atoms with Gasteiger partial charge in [-0.15, -0.1) is 0 Å². The van der Waals surface area contributed by atoms with Crippen molar-refractivity contribution in [1.29, 1.82) is 0 Å². The molecule has 2 bridgehead atoms. The molecular formula is C20H21N3O2. The van der Waals surface area contributed by atoms with Gasteiger partial charge in [0.1, 0.15) is 0 Å². The number of pyridine rings is 1. The number of hydrogen-bond acceptors (Lipinski definition) is 3. The molecule has 3 aliphatic rings. The van der Waals surface area contributed by atoms with Gasteiger partial charge in [-0.1, -0.05) is 18.2 Å². The van der Waals surface area contributed by atoms with E-state index < -0.39 is 0 Å². The Hall–Kier alpha value is -2.40. The van der Waals surface area contributed by atoms with Gasteiger partial charge in [-0.05, 0) is 36.6 Å². The molecule has 4 heterocycles. The second-order valence-electron chi connectivity index (χ2n) is 7.28. The fraction of sp³-hybridized carbons (Fsp3) is 0.400. The van der Waals surface area contributed by atoms with Gasteiger partial charge in [-0.25, -0.2) is 4.79 Å². The lowest BCUT2D eigenvalue weighted by atomic mass is 9.82. The van der Waals surface area contributed by atoms with Crippen molar-refractivity contribution in [3.05, 3.63) is 48.8 Å². The van der Waals surface area contributed by atoms with Crippen LogP contribution in [0.25, 0.3) is 11.1 Å². The van der Waals surface area contributed by atoms with E-state index in [-0.39, 0.29) is 6.03 Å². The van der Waals surface area contributed by atoms with Crippen molar-refractivity contribution >= 4 is 11.7 Å². The number of carbonyl (C=O) groups is 1. The number of benzene rings is 1. The number of fused-ring (bicyclic) bond motifs is 5. The average Bonchev–Trinajstić information content (AvgIpc) is 3.36. The maximum atomic E-state index is 12.7. The Bertz CT molecular complexity index is 777. The first-order valence-corrected chi connectivity index (χ1v) is 9.00. The van der Waals surface area contributed by atoms with Crippen LogP contribution in [0, 0.1) is 11.8 Å². The summed E-state index contributed by atoms with van der Waals surface area (Å²) in [5, 5.41) is 3.06. The van der Waals surface area contributed by atoms with Crippen LogP contribution in [0.4, 0.5) is 10.5 Å². The van der Waals surface area contributed by atoms with E-state index in [1.165, 1.54) is 0 Å². The second-order valence-corrected chi connectivity index (χ2v) is 7.28. The van der Waals surface area contributed by atoms with Crippen LogP contribution >= 0.6 is 0 Å². The largest absolute Gasteiger partial charge is 0.374 e. The van der Waals surface area contributed by atoms with Crippen LogP contribution in [0.3, 0.4) is 0 Å². The first-order chi connectivity index (χ1) is 12.3. The van der Waals surface area contributed by atoms with E-state index >= 15 is 0 Å². The van der Waals surface area contributed by atoms with Crippen LogP contribution in [-0.4, -0.2) is 41.2 Å². The van der Waals surface area contributed by atoms with Crippen molar-refractivity contribution in [3.63, 3.8) is 0 Å². The number of amides is 2. The molecule has 1 N–H and O–H groups in total. The van der Waals surface area contributed by atoms with Crippen molar-refractivity contribution < 1.29 is 9.53 Å². The number of urea groups is 1. The predicted molar refractivity (Wildman–Crippen MR) is 95.1 cm³/mol. The van der Waals surface area contributed by atoms with Crippen LogP contribution in [0.15, 0.2) is 48.8 Å². The summed E-state index contributed by atoms with van der Waals surface area (Å²) in [6.07, 6.45) is 6.67. The van der Waals surface area contributed by atoms with Crippen molar-refractivity contribution in [2.45, 2.75) is 25.0 Å². The molecule has 5 nitrogen and oxygen atoms in total. The third kappa shape index (κ3) is 2.59. The highest BCUT2D eigenvalue weighted by Crippen LogP contribution is 2.47. The van der Waals surface area contributed by atoms with Gasteiger partial charge in [0.15, 0.2) is 0 Å². The predicted octanol–water partition coefficient (Wildman–Crippen LogP) is 3.39. The fourth-order valence-corrected chi connectivity index (χ4v) is 4.64. The smallest absolute Gasteiger partial charge is 0.321 e. The molecule has 4 atom stereocenters. The molecule has 3 fully saturated rings. The van der Waals surface area contributed by atoms with E-state index in [9.17, 15) is 4.79 Å². The Morgan fingerprint density at radius 2 is 1.84 bits per heavy atom. The number of aromatic nitrogens is 1. The zero-order chi connectivity index (χ0) is 16.8. The minimum absolute atomic E-state index is 0.00265. The maximum absolute atomic E-state index is 12.7. The standard InChI is InChI=1S/C20H21N3O2/c24-20(23-11-16-17(12-23)19-7-6-18(16)25-19)22-15-5-1-3-13(9-15)14-4-2-8-21-10-14/h1-5,8-10,16-19H,6-7,11-12H2,(H,22,24)/t16-,17+,18+,19-. The van der Waals surface area contributed by atoms with Gasteiger partial charge in [-0.2, -0.15) is 0 Å². The monoisotopic (exact) mass is 335 g/mol. The molecule has 5 heteroatoms. The highest BCUT2D eigenvalue weighted by molar-refractivity contribution is 5.90. The van der Waals surface area contributed by atoms with Crippen LogP contribution in [0.1, 0.15) is 12.8 Å². The molecule has 0 unspecified atom stereocenters. The Kier molecular flexibility index (Phi) is 3.48. The number of carbonyl (C=O) groups excluding carboxylic acids is 1. The van der Waals surface area contributed by atoms with Crippen molar-refractivity contribution in [1.82, 2.24) is 9.88 Å². The average molecular weight is 335 g/mol. The minimum Gasteiger partial charge on any atom is -0.374 e. The summed E-state index contributed by atoms with van der Waals surface area (Å²) in [5.41, 5.74) is 2.92. The van der Waals surface area contributed by atoms with Gasteiger partial charge >= 0.3 is 6.03 Å². The number of nitrogens with one attached hydrogen (secondary N) is 1. The van der Waals surface area contributed by atoms with E-state index in [2.05, 4.69) is 10.3 Å². The number of hydrogen-bond donors (Lipinski definition) is 1. The molecule has 1 aromatic carbocycles. The molecule has 2 amide bonds. The Morgan fingerprint density at radius 1 is 1.08 bits per heavy atom. The SMILES string of the molecule is O=C(Nc1cccc(-c2cccnc2)c1)N1C[C@@H]2[C@H](C1)[C@H]1CC[C@@H]2O1. The summed E-state index contributed by atoms with van der Waals surface area (Å²) in [6.45, 7) is 1.64. The quantitative estimate of drug-likeness (QED) is 0.915. The molecule has 3 aliphatic heterocycles. The van der Waals surface area contributed by atoms with Crippen molar-refractivity contribution in [2.24, 2.45) is 11.8 Å². The van der Waals surface area contributed by atoms with Crippen LogP contribution < -0.4 is 5.32 Å². The van der Waals surface area contributed by atoms with Gasteiger partial charge in [0, 0.05) is 48.6 Å². The van der Waals surface area contributed by atoms with Gasteiger partial charge in [0.25, 0.3) is 0 Å². The van der Waals surface area contributed by atoms with Crippen molar-refractivity contribution in [2.75, 3.05) is 18.4 Å². The van der Waals surface area contributed by atoms with Gasteiger partial charge in [-0.3, -0.25) is 4.98 Å². The summed E-state index contributed by atoms with van der Waals surface area (Å²) in [4.78, 5) is 18.8. The molecular weight excluding hydrogens is 314 g/mol. The normalized spacial score (nSPS) is 29.7. The number of rotatable bonds is 2. The van der Waals surface area contributed by atoms with Gasteiger partial charge in [0.2, 0.25) is 0 Å². The number of nitrogens with zero attached hydrogens (tertiary/aromatic N) is 2. The maximum Gasteiger partial charge on any atom is 0.321 e. The van der Waals surface area contributed by atoms with Crippen molar-refractivity contribution in [3.8, 4) is 11.1 Å². The zero-order valence-corrected chi connectivity index (χ0v) is 14.0. The fourth-order valence-electron chi connectivity index (χ4n) is 4.64. The van der Waals surface area contributed by atoms with E-state index in [4.69, 9.17) is 4.74 Å².